The number of aryl methyl sites for hydroxylation is 1. The molecule has 1 aromatic carbocycles. The summed E-state index contributed by atoms with van der Waals surface area (Å²) < 4.78 is 20.1. The van der Waals surface area contributed by atoms with Crippen LogP contribution in [0.2, 0.25) is 0 Å². The number of piperidine rings is 2. The Kier molecular flexibility index (Phi) is 10.8. The molecule has 4 heterocycles. The van der Waals surface area contributed by atoms with E-state index in [9.17, 15) is 4.79 Å². The minimum absolute atomic E-state index is 0. The maximum absolute atomic E-state index is 13.2. The molecule has 0 radical (unpaired) electrons. The van der Waals surface area contributed by atoms with Crippen molar-refractivity contribution >= 4 is 23.2 Å². The van der Waals surface area contributed by atoms with E-state index in [0.29, 0.717) is 24.1 Å². The lowest BCUT2D eigenvalue weighted by Crippen LogP contribution is -2.40. The number of unbranched alkanes of at least 4 members (excludes halogenated alkanes) is 1. The SMILES string of the molecule is CCCCn1cc(-c2cc(OC)c(CN3CCC(OC4CCNCC4)CC3)cc2OC)c2ccncc2c1=O.Cl. The molecule has 3 aromatic rings. The van der Waals surface area contributed by atoms with Crippen molar-refractivity contribution in [2.75, 3.05) is 40.4 Å². The smallest absolute Gasteiger partial charge is 0.260 e. The average Bonchev–Trinajstić information content (AvgIpc) is 2.98. The van der Waals surface area contributed by atoms with Gasteiger partial charge in [0, 0.05) is 61.5 Å². The number of aromatic nitrogens is 2. The van der Waals surface area contributed by atoms with Gasteiger partial charge in [-0.1, -0.05) is 13.3 Å². The second-order valence-electron chi connectivity index (χ2n) is 10.7. The molecular weight excluding hydrogens is 528 g/mol. The highest BCUT2D eigenvalue weighted by Gasteiger charge is 2.25. The standard InChI is InChI=1S/C31H42N4O4.ClH/c1-4-5-14-35-21-28(25-8-13-33-19-27(25)31(35)36)26-18-29(37-2)22(17-30(26)38-3)20-34-15-9-24(10-16-34)39-23-6-11-32-12-7-23;/h8,13,17-19,21,23-24,32H,4-7,9-12,14-16,20H2,1-3H3;1H. The third-order valence-electron chi connectivity index (χ3n) is 8.13. The molecule has 2 aliphatic rings. The van der Waals surface area contributed by atoms with Crippen molar-refractivity contribution in [3.8, 4) is 22.6 Å². The lowest BCUT2D eigenvalue weighted by Gasteiger charge is -2.35. The van der Waals surface area contributed by atoms with Gasteiger partial charge in [0.1, 0.15) is 11.5 Å². The van der Waals surface area contributed by atoms with E-state index in [-0.39, 0.29) is 18.0 Å². The van der Waals surface area contributed by atoms with Crippen molar-refractivity contribution in [1.29, 1.82) is 0 Å². The van der Waals surface area contributed by atoms with E-state index in [1.54, 1.807) is 31.2 Å². The van der Waals surface area contributed by atoms with Gasteiger partial charge in [-0.25, -0.2) is 0 Å². The lowest BCUT2D eigenvalue weighted by molar-refractivity contribution is -0.0539. The van der Waals surface area contributed by atoms with Crippen LogP contribution in [0.3, 0.4) is 0 Å². The molecule has 8 nitrogen and oxygen atoms in total. The number of hydrogen-bond acceptors (Lipinski definition) is 7. The van der Waals surface area contributed by atoms with Gasteiger partial charge in [0.15, 0.2) is 0 Å². The zero-order chi connectivity index (χ0) is 27.2. The highest BCUT2D eigenvalue weighted by Crippen LogP contribution is 2.39. The molecule has 9 heteroatoms. The molecule has 5 rings (SSSR count). The molecule has 0 amide bonds. The number of halogens is 1. The molecule has 0 bridgehead atoms. The van der Waals surface area contributed by atoms with Gasteiger partial charge in [0.25, 0.3) is 5.56 Å². The van der Waals surface area contributed by atoms with Crippen LogP contribution >= 0.6 is 12.4 Å². The summed E-state index contributed by atoms with van der Waals surface area (Å²) in [5, 5.41) is 4.90. The number of benzene rings is 1. The monoisotopic (exact) mass is 570 g/mol. The Morgan fingerprint density at radius 3 is 2.40 bits per heavy atom. The summed E-state index contributed by atoms with van der Waals surface area (Å²) in [5.74, 6) is 1.60. The summed E-state index contributed by atoms with van der Waals surface area (Å²) >= 11 is 0. The van der Waals surface area contributed by atoms with E-state index in [2.05, 4.69) is 34.3 Å². The molecule has 2 aliphatic heterocycles. The van der Waals surface area contributed by atoms with Crippen LogP contribution in [0.15, 0.2) is 41.6 Å². The molecule has 2 fully saturated rings. The Bertz CT molecular complexity index is 1320. The summed E-state index contributed by atoms with van der Waals surface area (Å²) in [7, 11) is 3.42. The molecule has 0 atom stereocenters. The van der Waals surface area contributed by atoms with Crippen LogP contribution < -0.4 is 20.3 Å². The first kappa shape index (κ1) is 30.3. The molecule has 1 N–H and O–H groups in total. The second kappa shape index (κ2) is 14.3. The molecule has 0 spiro atoms. The van der Waals surface area contributed by atoms with E-state index in [1.807, 2.05) is 12.3 Å². The summed E-state index contributed by atoms with van der Waals surface area (Å²) in [6, 6.07) is 6.07. The van der Waals surface area contributed by atoms with E-state index < -0.39 is 0 Å². The summed E-state index contributed by atoms with van der Waals surface area (Å²) in [5.41, 5.74) is 2.95. The molecule has 0 aliphatic carbocycles. The molecule has 40 heavy (non-hydrogen) atoms. The van der Waals surface area contributed by atoms with Crippen molar-refractivity contribution in [2.45, 2.75) is 70.7 Å². The van der Waals surface area contributed by atoms with Crippen LogP contribution in [0.4, 0.5) is 0 Å². The number of rotatable bonds is 10. The topological polar surface area (TPSA) is 77.8 Å². The summed E-state index contributed by atoms with van der Waals surface area (Å²) in [6.07, 6.45) is 12.4. The maximum atomic E-state index is 13.2. The summed E-state index contributed by atoms with van der Waals surface area (Å²) in [4.78, 5) is 19.9. The lowest BCUT2D eigenvalue weighted by atomic mass is 9.98. The fraction of sp³-hybridized carbons (Fsp3) is 0.548. The Hall–Kier alpha value is -2.65. The minimum Gasteiger partial charge on any atom is -0.496 e. The second-order valence-corrected chi connectivity index (χ2v) is 10.7. The maximum Gasteiger partial charge on any atom is 0.260 e. The van der Waals surface area contributed by atoms with E-state index in [1.165, 1.54) is 0 Å². The first-order valence-electron chi connectivity index (χ1n) is 14.4. The molecule has 0 saturated carbocycles. The largest absolute Gasteiger partial charge is 0.496 e. The van der Waals surface area contributed by atoms with Gasteiger partial charge < -0.3 is 24.1 Å². The number of pyridine rings is 2. The fourth-order valence-electron chi connectivity index (χ4n) is 5.89. The quantitative estimate of drug-likeness (QED) is 0.366. The van der Waals surface area contributed by atoms with Crippen LogP contribution in [-0.2, 0) is 17.8 Å². The number of fused-ring (bicyclic) bond motifs is 1. The van der Waals surface area contributed by atoms with E-state index >= 15 is 0 Å². The number of ether oxygens (including phenoxy) is 3. The number of nitrogens with zero attached hydrogens (tertiary/aromatic N) is 3. The first-order chi connectivity index (χ1) is 19.1. The highest BCUT2D eigenvalue weighted by atomic mass is 35.5. The number of nitrogens with one attached hydrogen (secondary N) is 1. The van der Waals surface area contributed by atoms with E-state index in [4.69, 9.17) is 14.2 Å². The zero-order valence-electron chi connectivity index (χ0n) is 24.0. The number of likely N-dealkylation sites (tertiary alicyclic amines) is 1. The number of hydrogen-bond donors (Lipinski definition) is 1. The average molecular weight is 571 g/mol. The van der Waals surface area contributed by atoms with Crippen LogP contribution in [-0.4, -0.2) is 67.1 Å². The van der Waals surface area contributed by atoms with Gasteiger partial charge >= 0.3 is 0 Å². The predicted molar refractivity (Wildman–Crippen MR) is 162 cm³/mol. The van der Waals surface area contributed by atoms with Crippen LogP contribution in [0.25, 0.3) is 21.9 Å². The van der Waals surface area contributed by atoms with Crippen molar-refractivity contribution < 1.29 is 14.2 Å². The van der Waals surface area contributed by atoms with Gasteiger partial charge in [0.05, 0.1) is 31.8 Å². The third kappa shape index (κ3) is 6.79. The molecule has 2 saturated heterocycles. The predicted octanol–water partition coefficient (Wildman–Crippen LogP) is 5.04. The van der Waals surface area contributed by atoms with Gasteiger partial charge in [-0.05, 0) is 68.8 Å². The van der Waals surface area contributed by atoms with Gasteiger partial charge in [-0.15, -0.1) is 12.4 Å². The molecule has 0 unspecified atom stereocenters. The normalized spacial score (nSPS) is 17.1. The minimum atomic E-state index is -0.00890. The molecular formula is C31H43ClN4O4. The van der Waals surface area contributed by atoms with Crippen molar-refractivity contribution in [1.82, 2.24) is 19.8 Å². The Morgan fingerprint density at radius 2 is 1.70 bits per heavy atom. The highest BCUT2D eigenvalue weighted by molar-refractivity contribution is 5.97. The van der Waals surface area contributed by atoms with Crippen molar-refractivity contribution in [2.24, 2.45) is 0 Å². The Labute approximate surface area is 243 Å². The van der Waals surface area contributed by atoms with Gasteiger partial charge in [0.2, 0.25) is 0 Å². The molecule has 2 aromatic heterocycles. The Morgan fingerprint density at radius 1 is 0.975 bits per heavy atom. The van der Waals surface area contributed by atoms with E-state index in [0.717, 1.165) is 105 Å². The number of methoxy groups -OCH3 is 2. The fourth-order valence-corrected chi connectivity index (χ4v) is 5.89. The van der Waals surface area contributed by atoms with Crippen molar-refractivity contribution in [3.63, 3.8) is 0 Å². The third-order valence-corrected chi connectivity index (χ3v) is 8.13. The first-order valence-corrected chi connectivity index (χ1v) is 14.4. The van der Waals surface area contributed by atoms with Crippen LogP contribution in [0.1, 0.15) is 51.0 Å². The van der Waals surface area contributed by atoms with Gasteiger partial charge in [-0.3, -0.25) is 14.7 Å². The van der Waals surface area contributed by atoms with Crippen LogP contribution in [0.5, 0.6) is 11.5 Å². The summed E-state index contributed by atoms with van der Waals surface area (Å²) in [6.45, 7) is 7.72. The zero-order valence-corrected chi connectivity index (χ0v) is 24.8. The Balaban J connectivity index is 0.00000370. The van der Waals surface area contributed by atoms with Crippen molar-refractivity contribution in [3.05, 3.63) is 52.7 Å². The van der Waals surface area contributed by atoms with Gasteiger partial charge in [-0.2, -0.15) is 0 Å². The van der Waals surface area contributed by atoms with Crippen LogP contribution in [0, 0.1) is 0 Å². The molecule has 218 valence electrons.